The second-order valence-electron chi connectivity index (χ2n) is 4.96. The van der Waals surface area contributed by atoms with Crippen LogP contribution in [0.3, 0.4) is 0 Å². The van der Waals surface area contributed by atoms with Gasteiger partial charge in [-0.2, -0.15) is 0 Å². The van der Waals surface area contributed by atoms with Crippen molar-refractivity contribution < 1.29 is 9.84 Å². The van der Waals surface area contributed by atoms with E-state index in [0.717, 1.165) is 30.8 Å². The maximum Gasteiger partial charge on any atom is 0.119 e. The molecule has 2 aromatic carbocycles. The first kappa shape index (κ1) is 16.1. The summed E-state index contributed by atoms with van der Waals surface area (Å²) in [4.78, 5) is 0. The van der Waals surface area contributed by atoms with Gasteiger partial charge in [0.15, 0.2) is 0 Å². The molecule has 0 aliphatic carbocycles. The molecule has 0 amide bonds. The Labute approximate surface area is 132 Å². The summed E-state index contributed by atoms with van der Waals surface area (Å²) in [5, 5.41) is 8.73. The molecule has 0 heterocycles. The average molecular weight is 294 g/mol. The number of hydrogen-bond acceptors (Lipinski definition) is 2. The zero-order chi connectivity index (χ0) is 15.5. The fourth-order valence-electron chi connectivity index (χ4n) is 2.03. The Morgan fingerprint density at radius 2 is 1.45 bits per heavy atom. The molecule has 0 spiro atoms. The maximum absolute atomic E-state index is 8.73. The van der Waals surface area contributed by atoms with Gasteiger partial charge in [-0.25, -0.2) is 0 Å². The second kappa shape index (κ2) is 9.59. The normalized spacial score (nSPS) is 11.3. The Bertz CT molecular complexity index is 583. The molecular weight excluding hydrogens is 272 g/mol. The van der Waals surface area contributed by atoms with Crippen molar-refractivity contribution in [1.29, 1.82) is 0 Å². The van der Waals surface area contributed by atoms with E-state index < -0.39 is 0 Å². The number of aliphatic hydroxyl groups excluding tert-OH is 1. The van der Waals surface area contributed by atoms with Crippen molar-refractivity contribution in [3.63, 3.8) is 0 Å². The lowest BCUT2D eigenvalue weighted by molar-refractivity contribution is 0.312. The number of allylic oxidation sites excluding steroid dienone is 1. The Balaban J connectivity index is 1.68. The van der Waals surface area contributed by atoms with Crippen LogP contribution < -0.4 is 4.74 Å². The van der Waals surface area contributed by atoms with E-state index in [1.165, 1.54) is 5.56 Å². The summed E-state index contributed by atoms with van der Waals surface area (Å²) in [6.45, 7) is 0.811. The number of hydrogen-bond donors (Lipinski definition) is 1. The first-order chi connectivity index (χ1) is 10.9. The minimum absolute atomic E-state index is 0.0761. The molecule has 2 nitrogen and oxygen atoms in total. The highest BCUT2D eigenvalue weighted by molar-refractivity contribution is 5.55. The lowest BCUT2D eigenvalue weighted by atomic mass is 10.1. The van der Waals surface area contributed by atoms with E-state index in [1.807, 2.05) is 48.5 Å². The number of para-hydroxylation sites is 1. The lowest BCUT2D eigenvalue weighted by Crippen LogP contribution is -1.95. The van der Waals surface area contributed by atoms with E-state index in [2.05, 4.69) is 24.3 Å². The Hall–Kier alpha value is -2.32. The highest BCUT2D eigenvalue weighted by Crippen LogP contribution is 2.10. The molecule has 0 saturated heterocycles. The van der Waals surface area contributed by atoms with Crippen molar-refractivity contribution in [2.24, 2.45) is 0 Å². The van der Waals surface area contributed by atoms with E-state index >= 15 is 0 Å². The minimum atomic E-state index is 0.0761. The highest BCUT2D eigenvalue weighted by atomic mass is 16.5. The fraction of sp³-hybridized carbons (Fsp3) is 0.200. The summed E-state index contributed by atoms with van der Waals surface area (Å²) >= 11 is 0. The molecule has 0 aliphatic rings. The van der Waals surface area contributed by atoms with Gasteiger partial charge < -0.3 is 9.84 Å². The van der Waals surface area contributed by atoms with Crippen LogP contribution in [0.25, 0.3) is 12.2 Å². The third-order valence-corrected chi connectivity index (χ3v) is 3.19. The average Bonchev–Trinajstić information content (AvgIpc) is 2.58. The van der Waals surface area contributed by atoms with Crippen molar-refractivity contribution in [2.45, 2.75) is 12.8 Å². The van der Waals surface area contributed by atoms with Crippen LogP contribution in [0.4, 0.5) is 0 Å². The summed E-state index contributed by atoms with van der Waals surface area (Å²) in [5.74, 6) is 0.929. The minimum Gasteiger partial charge on any atom is -0.494 e. The quantitative estimate of drug-likeness (QED) is 0.723. The Morgan fingerprint density at radius 3 is 2.09 bits per heavy atom. The Morgan fingerprint density at radius 1 is 0.818 bits per heavy atom. The van der Waals surface area contributed by atoms with Gasteiger partial charge in [-0.3, -0.25) is 0 Å². The smallest absolute Gasteiger partial charge is 0.119 e. The largest absolute Gasteiger partial charge is 0.494 e. The third kappa shape index (κ3) is 5.98. The van der Waals surface area contributed by atoms with Gasteiger partial charge >= 0.3 is 0 Å². The lowest BCUT2D eigenvalue weighted by Gasteiger charge is -2.03. The number of aliphatic hydroxyl groups is 1. The monoisotopic (exact) mass is 294 g/mol. The summed E-state index contributed by atoms with van der Waals surface area (Å²) in [7, 11) is 0. The van der Waals surface area contributed by atoms with Crippen LogP contribution in [0.5, 0.6) is 5.75 Å². The standard InChI is InChI=1S/C20H22O2/c21-16-7-9-19-14-12-18(13-15-19)8-3-2-6-17-22-20-10-4-1-5-11-20/h1,3-5,7-15,21H,2,6,16-17H2/b8-3+,9-7+. The molecule has 0 saturated carbocycles. The number of ether oxygens (including phenoxy) is 1. The van der Waals surface area contributed by atoms with Crippen molar-refractivity contribution in [1.82, 2.24) is 0 Å². The van der Waals surface area contributed by atoms with Crippen LogP contribution in [-0.2, 0) is 0 Å². The molecule has 114 valence electrons. The van der Waals surface area contributed by atoms with Crippen molar-refractivity contribution >= 4 is 12.2 Å². The van der Waals surface area contributed by atoms with Gasteiger partial charge in [0, 0.05) is 0 Å². The van der Waals surface area contributed by atoms with Gasteiger partial charge in [-0.05, 0) is 36.1 Å². The van der Waals surface area contributed by atoms with Gasteiger partial charge in [-0.15, -0.1) is 0 Å². The molecule has 2 aromatic rings. The zero-order valence-corrected chi connectivity index (χ0v) is 12.7. The number of rotatable bonds is 8. The first-order valence-corrected chi connectivity index (χ1v) is 7.60. The van der Waals surface area contributed by atoms with Gasteiger partial charge in [0.05, 0.1) is 13.2 Å². The van der Waals surface area contributed by atoms with Gasteiger partial charge in [0.1, 0.15) is 5.75 Å². The van der Waals surface area contributed by atoms with Crippen molar-refractivity contribution in [3.8, 4) is 5.75 Å². The van der Waals surface area contributed by atoms with Crippen LogP contribution in [0.1, 0.15) is 24.0 Å². The van der Waals surface area contributed by atoms with Gasteiger partial charge in [0.2, 0.25) is 0 Å². The molecule has 2 rings (SSSR count). The summed E-state index contributed by atoms with van der Waals surface area (Å²) in [6.07, 6.45) is 9.95. The topological polar surface area (TPSA) is 29.5 Å². The molecule has 0 fully saturated rings. The number of unbranched alkanes of at least 4 members (excludes halogenated alkanes) is 1. The molecule has 0 unspecified atom stereocenters. The van der Waals surface area contributed by atoms with Crippen LogP contribution in [0, 0.1) is 0 Å². The molecule has 1 N–H and O–H groups in total. The molecule has 0 aromatic heterocycles. The summed E-state index contributed by atoms with van der Waals surface area (Å²) in [5.41, 5.74) is 2.28. The maximum atomic E-state index is 8.73. The SMILES string of the molecule is OC/C=C/c1ccc(/C=C/CCCOc2ccccc2)cc1. The molecule has 0 atom stereocenters. The molecule has 0 radical (unpaired) electrons. The predicted molar refractivity (Wildman–Crippen MR) is 92.8 cm³/mol. The first-order valence-electron chi connectivity index (χ1n) is 7.60. The van der Waals surface area contributed by atoms with E-state index in [9.17, 15) is 0 Å². The van der Waals surface area contributed by atoms with Crippen LogP contribution >= 0.6 is 0 Å². The zero-order valence-electron chi connectivity index (χ0n) is 12.7. The predicted octanol–water partition coefficient (Wildman–Crippen LogP) is 4.56. The summed E-state index contributed by atoms with van der Waals surface area (Å²) < 4.78 is 5.65. The number of benzene rings is 2. The molecule has 2 heteroatoms. The molecular formula is C20H22O2. The van der Waals surface area contributed by atoms with E-state index in [4.69, 9.17) is 9.84 Å². The second-order valence-corrected chi connectivity index (χ2v) is 4.96. The molecule has 0 bridgehead atoms. The van der Waals surface area contributed by atoms with Crippen molar-refractivity contribution in [2.75, 3.05) is 13.2 Å². The van der Waals surface area contributed by atoms with Gasteiger partial charge in [0.25, 0.3) is 0 Å². The van der Waals surface area contributed by atoms with Crippen LogP contribution in [-0.4, -0.2) is 18.3 Å². The Kier molecular flexibility index (Phi) is 7.00. The van der Waals surface area contributed by atoms with E-state index in [0.29, 0.717) is 0 Å². The fourth-order valence-corrected chi connectivity index (χ4v) is 2.03. The molecule has 0 aliphatic heterocycles. The summed E-state index contributed by atoms with van der Waals surface area (Å²) in [6, 6.07) is 18.1. The van der Waals surface area contributed by atoms with Crippen LogP contribution in [0.15, 0.2) is 66.7 Å². The van der Waals surface area contributed by atoms with E-state index in [1.54, 1.807) is 6.08 Å². The third-order valence-electron chi connectivity index (χ3n) is 3.19. The highest BCUT2D eigenvalue weighted by Gasteiger charge is 1.91. The van der Waals surface area contributed by atoms with E-state index in [-0.39, 0.29) is 6.61 Å². The molecule has 22 heavy (non-hydrogen) atoms. The van der Waals surface area contributed by atoms with Gasteiger partial charge in [-0.1, -0.05) is 66.8 Å². The van der Waals surface area contributed by atoms with Crippen LogP contribution in [0.2, 0.25) is 0 Å². The van der Waals surface area contributed by atoms with Crippen molar-refractivity contribution in [3.05, 3.63) is 77.9 Å².